The first-order valence-corrected chi connectivity index (χ1v) is 9.28. The Balaban J connectivity index is 2.31. The molecule has 1 unspecified atom stereocenters. The Labute approximate surface area is 170 Å². The van der Waals surface area contributed by atoms with E-state index in [1.807, 2.05) is 19.0 Å². The average molecular weight is 467 g/mol. The molecule has 0 amide bonds. The minimum atomic E-state index is -0.680. The zero-order valence-electron chi connectivity index (χ0n) is 14.5. The zero-order chi connectivity index (χ0) is 19.4. The number of pyridine rings is 1. The van der Waals surface area contributed by atoms with Crippen molar-refractivity contribution in [2.45, 2.75) is 13.0 Å². The predicted octanol–water partition coefficient (Wildman–Crippen LogP) is 4.95. The summed E-state index contributed by atoms with van der Waals surface area (Å²) in [6, 6.07) is 2.83. The number of rotatable bonds is 7. The zero-order valence-corrected chi connectivity index (χ0v) is 17.6. The van der Waals surface area contributed by atoms with Crippen molar-refractivity contribution in [2.24, 2.45) is 0 Å². The summed E-state index contributed by atoms with van der Waals surface area (Å²) in [5, 5.41) is 0.0770. The van der Waals surface area contributed by atoms with E-state index >= 15 is 0 Å². The molecule has 0 radical (unpaired) electrons. The quantitative estimate of drug-likeness (QED) is 0.584. The number of benzene rings is 1. The fourth-order valence-corrected chi connectivity index (χ4v) is 3.19. The topological polar surface area (TPSA) is 60.6 Å². The maximum Gasteiger partial charge on any atom is 0.166 e. The van der Waals surface area contributed by atoms with Crippen molar-refractivity contribution in [3.05, 3.63) is 44.2 Å². The molecule has 1 aromatic heterocycles. The van der Waals surface area contributed by atoms with E-state index in [0.717, 1.165) is 0 Å². The van der Waals surface area contributed by atoms with Crippen molar-refractivity contribution in [3.63, 3.8) is 0 Å². The van der Waals surface area contributed by atoms with Crippen LogP contribution in [0.1, 0.15) is 18.6 Å². The van der Waals surface area contributed by atoms with Gasteiger partial charge in [-0.1, -0.05) is 23.2 Å². The molecule has 2 rings (SSSR count). The van der Waals surface area contributed by atoms with Crippen molar-refractivity contribution in [1.82, 2.24) is 9.88 Å². The molecule has 1 aromatic carbocycles. The van der Waals surface area contributed by atoms with Gasteiger partial charge in [0.2, 0.25) is 0 Å². The number of hydrogen-bond donors (Lipinski definition) is 1. The number of nitrogens with zero attached hydrogens (tertiary/aromatic N) is 2. The van der Waals surface area contributed by atoms with E-state index in [0.29, 0.717) is 23.4 Å². The monoisotopic (exact) mass is 465 g/mol. The molecule has 0 saturated heterocycles. The van der Waals surface area contributed by atoms with Gasteiger partial charge < -0.3 is 20.1 Å². The van der Waals surface area contributed by atoms with Gasteiger partial charge in [0.05, 0.1) is 10.0 Å². The molecule has 0 spiro atoms. The molecule has 0 bridgehead atoms. The van der Waals surface area contributed by atoms with Gasteiger partial charge in [-0.2, -0.15) is 0 Å². The minimum absolute atomic E-state index is 0.121. The van der Waals surface area contributed by atoms with Gasteiger partial charge in [-0.25, -0.2) is 9.37 Å². The molecule has 9 heteroatoms. The maximum absolute atomic E-state index is 14.3. The van der Waals surface area contributed by atoms with E-state index in [-0.39, 0.29) is 27.2 Å². The lowest BCUT2D eigenvalue weighted by Gasteiger charge is -2.21. The van der Waals surface area contributed by atoms with E-state index in [1.54, 1.807) is 19.2 Å². The second-order valence-corrected chi connectivity index (χ2v) is 7.52. The highest BCUT2D eigenvalue weighted by atomic mass is 79.9. The summed E-state index contributed by atoms with van der Waals surface area (Å²) < 4.78 is 26.4. The summed E-state index contributed by atoms with van der Waals surface area (Å²) in [5.74, 6) is 0.104. The van der Waals surface area contributed by atoms with Crippen LogP contribution >= 0.6 is 39.1 Å². The number of likely N-dealkylation sites (N-methyl/N-ethyl adjacent to an activating group) is 1. The van der Waals surface area contributed by atoms with Gasteiger partial charge in [0.25, 0.3) is 0 Å². The van der Waals surface area contributed by atoms with E-state index in [4.69, 9.17) is 38.4 Å². The van der Waals surface area contributed by atoms with Crippen LogP contribution in [0.25, 0.3) is 0 Å². The Morgan fingerprint density at radius 3 is 2.62 bits per heavy atom. The lowest BCUT2D eigenvalue weighted by Crippen LogP contribution is -2.19. The van der Waals surface area contributed by atoms with Gasteiger partial charge in [-0.3, -0.25) is 0 Å². The smallest absolute Gasteiger partial charge is 0.166 e. The minimum Gasteiger partial charge on any atom is -0.491 e. The number of nitrogen functional groups attached to an aromatic ring is 1. The molecular formula is C17H19BrCl2FN3O2. The first-order valence-electron chi connectivity index (χ1n) is 7.73. The highest BCUT2D eigenvalue weighted by molar-refractivity contribution is 9.10. The molecule has 142 valence electrons. The third-order valence-electron chi connectivity index (χ3n) is 3.51. The molecule has 2 N–H and O–H groups in total. The van der Waals surface area contributed by atoms with Gasteiger partial charge in [0.1, 0.15) is 24.3 Å². The SMILES string of the molecule is CC(Oc1cc(Br)cnc1N)c1c(Cl)c(F)cc(OCCN(C)C)c1Cl. The third-order valence-corrected chi connectivity index (χ3v) is 4.72. The molecule has 0 aliphatic heterocycles. The molecule has 26 heavy (non-hydrogen) atoms. The Bertz CT molecular complexity index is 793. The third kappa shape index (κ3) is 5.13. The molecule has 0 saturated carbocycles. The maximum atomic E-state index is 14.3. The fraction of sp³-hybridized carbons (Fsp3) is 0.353. The van der Waals surface area contributed by atoms with E-state index in [2.05, 4.69) is 20.9 Å². The van der Waals surface area contributed by atoms with Crippen LogP contribution in [0.15, 0.2) is 22.8 Å². The largest absolute Gasteiger partial charge is 0.491 e. The van der Waals surface area contributed by atoms with Crippen LogP contribution in [0.3, 0.4) is 0 Å². The Morgan fingerprint density at radius 1 is 1.27 bits per heavy atom. The summed E-state index contributed by atoms with van der Waals surface area (Å²) in [6.07, 6.45) is 0.867. The molecular weight excluding hydrogens is 448 g/mol. The lowest BCUT2D eigenvalue weighted by molar-refractivity contribution is 0.225. The number of anilines is 1. The van der Waals surface area contributed by atoms with Crippen molar-refractivity contribution in [3.8, 4) is 11.5 Å². The first kappa shape index (κ1) is 21.0. The molecule has 2 aromatic rings. The second kappa shape index (κ2) is 9.08. The lowest BCUT2D eigenvalue weighted by atomic mass is 10.1. The Kier molecular flexibility index (Phi) is 7.34. The number of ether oxygens (including phenoxy) is 2. The standard InChI is InChI=1S/C17H19BrCl2FN3O2/c1-9(26-13-6-10(18)8-23-17(13)22)14-15(19)11(21)7-12(16(14)20)25-5-4-24(2)3/h6-9H,4-5H2,1-3H3,(H2,22,23). The van der Waals surface area contributed by atoms with Crippen molar-refractivity contribution < 1.29 is 13.9 Å². The van der Waals surface area contributed by atoms with E-state index in [9.17, 15) is 4.39 Å². The molecule has 1 heterocycles. The summed E-state index contributed by atoms with van der Waals surface area (Å²) in [7, 11) is 3.82. The highest BCUT2D eigenvalue weighted by Crippen LogP contribution is 2.41. The Hall–Kier alpha value is -1.28. The van der Waals surface area contributed by atoms with Crippen LogP contribution in [0.2, 0.25) is 10.0 Å². The number of aromatic nitrogens is 1. The summed E-state index contributed by atoms with van der Waals surface area (Å²) >= 11 is 15.8. The van der Waals surface area contributed by atoms with Crippen molar-refractivity contribution in [1.29, 1.82) is 0 Å². The summed E-state index contributed by atoms with van der Waals surface area (Å²) in [6.45, 7) is 2.70. The molecule has 0 fully saturated rings. The van der Waals surface area contributed by atoms with Crippen LogP contribution in [0, 0.1) is 5.82 Å². The van der Waals surface area contributed by atoms with Gasteiger partial charge in [0.15, 0.2) is 11.6 Å². The molecule has 5 nitrogen and oxygen atoms in total. The van der Waals surface area contributed by atoms with Crippen molar-refractivity contribution >= 4 is 44.9 Å². The van der Waals surface area contributed by atoms with Crippen LogP contribution in [-0.4, -0.2) is 37.1 Å². The molecule has 0 aliphatic rings. The van der Waals surface area contributed by atoms with Crippen molar-refractivity contribution in [2.75, 3.05) is 33.0 Å². The van der Waals surface area contributed by atoms with Crippen LogP contribution in [0.4, 0.5) is 10.2 Å². The number of hydrogen-bond acceptors (Lipinski definition) is 5. The molecule has 1 atom stereocenters. The van der Waals surface area contributed by atoms with E-state index < -0.39 is 11.9 Å². The first-order chi connectivity index (χ1) is 12.2. The van der Waals surface area contributed by atoms with Crippen LogP contribution in [0.5, 0.6) is 11.5 Å². The summed E-state index contributed by atoms with van der Waals surface area (Å²) in [4.78, 5) is 5.94. The van der Waals surface area contributed by atoms with Crippen LogP contribution in [-0.2, 0) is 0 Å². The highest BCUT2D eigenvalue weighted by Gasteiger charge is 2.23. The Morgan fingerprint density at radius 2 is 1.96 bits per heavy atom. The van der Waals surface area contributed by atoms with E-state index in [1.165, 1.54) is 6.07 Å². The van der Waals surface area contributed by atoms with Gasteiger partial charge in [-0.15, -0.1) is 0 Å². The summed E-state index contributed by atoms with van der Waals surface area (Å²) in [5.41, 5.74) is 6.10. The van der Waals surface area contributed by atoms with Gasteiger partial charge in [-0.05, 0) is 43.0 Å². The second-order valence-electron chi connectivity index (χ2n) is 5.85. The van der Waals surface area contributed by atoms with Gasteiger partial charge >= 0.3 is 0 Å². The fourth-order valence-electron chi connectivity index (χ4n) is 2.17. The number of halogens is 4. The predicted molar refractivity (Wildman–Crippen MR) is 106 cm³/mol. The van der Waals surface area contributed by atoms with Crippen LogP contribution < -0.4 is 15.2 Å². The number of nitrogens with two attached hydrogens (primary N) is 1. The van der Waals surface area contributed by atoms with Gasteiger partial charge in [0, 0.05) is 28.8 Å². The molecule has 0 aliphatic carbocycles. The average Bonchev–Trinajstić information content (AvgIpc) is 2.55. The normalized spacial score (nSPS) is 12.3.